The maximum atomic E-state index is 13.8. The highest BCUT2D eigenvalue weighted by Crippen LogP contribution is 2.36. The van der Waals surface area contributed by atoms with Crippen molar-refractivity contribution < 1.29 is 18.3 Å². The topological polar surface area (TPSA) is 46.8 Å². The van der Waals surface area contributed by atoms with Crippen molar-refractivity contribution in [2.24, 2.45) is 5.10 Å². The zero-order chi connectivity index (χ0) is 28.3. The summed E-state index contributed by atoms with van der Waals surface area (Å²) in [5, 5.41) is 7.31. The highest BCUT2D eigenvalue weighted by atomic mass is 32.2. The maximum absolute atomic E-state index is 13.8. The predicted octanol–water partition coefficient (Wildman–Crippen LogP) is 7.45. The van der Waals surface area contributed by atoms with Crippen LogP contribution in [-0.4, -0.2) is 34.1 Å². The molecule has 5 nitrogen and oxygen atoms in total. The number of ether oxygens (including phenoxy) is 1. The van der Waals surface area contributed by atoms with Crippen LogP contribution < -0.4 is 4.74 Å². The van der Waals surface area contributed by atoms with Gasteiger partial charge < -0.3 is 9.30 Å². The number of halogens is 2. The third-order valence-electron chi connectivity index (χ3n) is 7.19. The first kappa shape index (κ1) is 26.8. The molecule has 0 saturated heterocycles. The average Bonchev–Trinajstić information content (AvgIpc) is 3.59. The number of rotatable bonds is 8. The first-order chi connectivity index (χ1) is 20.0. The molecule has 1 atom stereocenters. The molecule has 0 spiro atoms. The molecule has 5 aromatic rings. The highest BCUT2D eigenvalue weighted by molar-refractivity contribution is 8.00. The smallest absolute Gasteiger partial charge is 0.253 e. The number of amides is 1. The van der Waals surface area contributed by atoms with Gasteiger partial charge in [-0.05, 0) is 71.3 Å². The van der Waals surface area contributed by atoms with Crippen molar-refractivity contribution in [1.82, 2.24) is 9.58 Å². The minimum atomic E-state index is -0.338. The van der Waals surface area contributed by atoms with E-state index in [1.807, 2.05) is 60.8 Å². The molecule has 1 aliphatic rings. The Kier molecular flexibility index (Phi) is 7.57. The standard InChI is InChI=1S/C33H27F2N3O2S/c1-40-27-15-11-23(12-16-27)29-18-31(24-9-13-25(34)14-10-24)38(36-29)33(39)21-41-32-20-37(30-8-3-2-7-28(30)32)19-22-5-4-6-26(35)17-22/h2-17,20,31H,18-19,21H2,1H3. The van der Waals surface area contributed by atoms with Crippen LogP contribution in [0.25, 0.3) is 10.9 Å². The lowest BCUT2D eigenvalue weighted by atomic mass is 9.98. The summed E-state index contributed by atoms with van der Waals surface area (Å²) >= 11 is 1.45. The van der Waals surface area contributed by atoms with E-state index in [4.69, 9.17) is 9.84 Å². The minimum Gasteiger partial charge on any atom is -0.497 e. The molecule has 1 aliphatic heterocycles. The van der Waals surface area contributed by atoms with Gasteiger partial charge in [-0.2, -0.15) is 5.10 Å². The molecule has 1 amide bonds. The van der Waals surface area contributed by atoms with Gasteiger partial charge >= 0.3 is 0 Å². The molecular weight excluding hydrogens is 540 g/mol. The molecule has 8 heteroatoms. The van der Waals surface area contributed by atoms with E-state index in [1.165, 1.54) is 41.0 Å². The fourth-order valence-corrected chi connectivity index (χ4v) is 6.08. The second-order valence-electron chi connectivity index (χ2n) is 9.84. The fourth-order valence-electron chi connectivity index (χ4n) is 5.14. The minimum absolute atomic E-state index is 0.144. The van der Waals surface area contributed by atoms with Crippen LogP contribution >= 0.6 is 11.8 Å². The van der Waals surface area contributed by atoms with Gasteiger partial charge in [0.15, 0.2) is 0 Å². The number of methoxy groups -OCH3 is 1. The third kappa shape index (κ3) is 5.74. The van der Waals surface area contributed by atoms with E-state index in [0.29, 0.717) is 13.0 Å². The van der Waals surface area contributed by atoms with E-state index in [2.05, 4.69) is 4.57 Å². The summed E-state index contributed by atoms with van der Waals surface area (Å²) in [4.78, 5) is 14.6. The van der Waals surface area contributed by atoms with E-state index in [1.54, 1.807) is 25.3 Å². The number of hydrogen-bond donors (Lipinski definition) is 0. The molecule has 0 bridgehead atoms. The largest absolute Gasteiger partial charge is 0.497 e. The Bertz CT molecular complexity index is 1730. The first-order valence-corrected chi connectivity index (χ1v) is 14.2. The molecule has 1 unspecified atom stereocenters. The summed E-state index contributed by atoms with van der Waals surface area (Å²) in [6.07, 6.45) is 2.53. The Hall–Kier alpha value is -4.43. The van der Waals surface area contributed by atoms with Crippen molar-refractivity contribution in [2.75, 3.05) is 12.9 Å². The lowest BCUT2D eigenvalue weighted by Crippen LogP contribution is -2.28. The lowest BCUT2D eigenvalue weighted by Gasteiger charge is -2.22. The molecule has 0 saturated carbocycles. The Morgan fingerprint density at radius 3 is 2.49 bits per heavy atom. The molecule has 0 fully saturated rings. The molecule has 4 aromatic carbocycles. The van der Waals surface area contributed by atoms with Crippen LogP contribution in [-0.2, 0) is 11.3 Å². The molecular formula is C33H27F2N3O2S. The zero-order valence-corrected chi connectivity index (χ0v) is 23.2. The van der Waals surface area contributed by atoms with Gasteiger partial charge in [0, 0.05) is 35.0 Å². The van der Waals surface area contributed by atoms with Gasteiger partial charge in [0.2, 0.25) is 0 Å². The lowest BCUT2D eigenvalue weighted by molar-refractivity contribution is -0.130. The van der Waals surface area contributed by atoms with Crippen molar-refractivity contribution >= 4 is 34.3 Å². The van der Waals surface area contributed by atoms with Crippen molar-refractivity contribution in [1.29, 1.82) is 0 Å². The van der Waals surface area contributed by atoms with Crippen LogP contribution in [0.5, 0.6) is 5.75 Å². The summed E-state index contributed by atoms with van der Waals surface area (Å²) in [5.41, 5.74) is 4.38. The molecule has 0 N–H and O–H groups in total. The monoisotopic (exact) mass is 567 g/mol. The second kappa shape index (κ2) is 11.6. The number of nitrogens with zero attached hydrogens (tertiary/aromatic N) is 3. The Balaban J connectivity index is 1.25. The van der Waals surface area contributed by atoms with Crippen LogP contribution in [0.1, 0.15) is 29.2 Å². The van der Waals surface area contributed by atoms with Crippen LogP contribution in [0.3, 0.4) is 0 Å². The number of aromatic nitrogens is 1. The van der Waals surface area contributed by atoms with Crippen molar-refractivity contribution in [3.05, 3.63) is 132 Å². The van der Waals surface area contributed by atoms with E-state index in [-0.39, 0.29) is 29.3 Å². The van der Waals surface area contributed by atoms with E-state index >= 15 is 0 Å². The number of thioether (sulfide) groups is 1. The van der Waals surface area contributed by atoms with Gasteiger partial charge in [0.25, 0.3) is 5.91 Å². The number of para-hydroxylation sites is 1. The van der Waals surface area contributed by atoms with Crippen LogP contribution in [0.2, 0.25) is 0 Å². The molecule has 41 heavy (non-hydrogen) atoms. The van der Waals surface area contributed by atoms with E-state index in [0.717, 1.165) is 43.9 Å². The average molecular weight is 568 g/mol. The van der Waals surface area contributed by atoms with Crippen molar-refractivity contribution in [3.8, 4) is 5.75 Å². The number of fused-ring (bicyclic) bond motifs is 1. The van der Waals surface area contributed by atoms with E-state index in [9.17, 15) is 13.6 Å². The first-order valence-electron chi connectivity index (χ1n) is 13.2. The number of benzene rings is 4. The predicted molar refractivity (Wildman–Crippen MR) is 158 cm³/mol. The third-order valence-corrected chi connectivity index (χ3v) is 8.22. The maximum Gasteiger partial charge on any atom is 0.253 e. The van der Waals surface area contributed by atoms with Crippen LogP contribution in [0.15, 0.2) is 113 Å². The number of carbonyl (C=O) groups excluding carboxylic acids is 1. The summed E-state index contributed by atoms with van der Waals surface area (Å²) < 4.78 is 34.8. The quantitative estimate of drug-likeness (QED) is 0.183. The van der Waals surface area contributed by atoms with Crippen molar-refractivity contribution in [2.45, 2.75) is 23.9 Å². The molecule has 0 aliphatic carbocycles. The Labute approximate surface area is 241 Å². The van der Waals surface area contributed by atoms with Crippen molar-refractivity contribution in [3.63, 3.8) is 0 Å². The summed E-state index contributed by atoms with van der Waals surface area (Å²) in [7, 11) is 1.61. The summed E-state index contributed by atoms with van der Waals surface area (Å²) in [5.74, 6) is 0.171. The number of hydrazone groups is 1. The van der Waals surface area contributed by atoms with Gasteiger partial charge in [-0.15, -0.1) is 11.8 Å². The molecule has 2 heterocycles. The normalized spacial score (nSPS) is 14.9. The molecule has 6 rings (SSSR count). The number of hydrogen-bond acceptors (Lipinski definition) is 4. The van der Waals surface area contributed by atoms with Gasteiger partial charge in [-0.3, -0.25) is 4.79 Å². The van der Waals surface area contributed by atoms with Crippen LogP contribution in [0.4, 0.5) is 8.78 Å². The fraction of sp³-hybridized carbons (Fsp3) is 0.152. The Morgan fingerprint density at radius 1 is 0.951 bits per heavy atom. The van der Waals surface area contributed by atoms with Gasteiger partial charge in [-0.1, -0.05) is 42.5 Å². The zero-order valence-electron chi connectivity index (χ0n) is 22.3. The van der Waals surface area contributed by atoms with E-state index < -0.39 is 0 Å². The Morgan fingerprint density at radius 2 is 1.73 bits per heavy atom. The summed E-state index contributed by atoms with van der Waals surface area (Å²) in [6.45, 7) is 0.515. The highest BCUT2D eigenvalue weighted by Gasteiger charge is 2.33. The molecule has 0 radical (unpaired) electrons. The van der Waals surface area contributed by atoms with Gasteiger partial charge in [0.05, 0.1) is 24.6 Å². The SMILES string of the molecule is COc1ccc(C2=NN(C(=O)CSc3cn(Cc4cccc(F)c4)c4ccccc34)C(c3ccc(F)cc3)C2)cc1. The van der Waals surface area contributed by atoms with Gasteiger partial charge in [-0.25, -0.2) is 13.8 Å². The van der Waals surface area contributed by atoms with Gasteiger partial charge in [0.1, 0.15) is 17.4 Å². The molecule has 1 aromatic heterocycles. The van der Waals surface area contributed by atoms with Crippen LogP contribution in [0, 0.1) is 11.6 Å². The second-order valence-corrected chi connectivity index (χ2v) is 10.9. The number of carbonyl (C=O) groups is 1. The molecule has 206 valence electrons. The summed E-state index contributed by atoms with van der Waals surface area (Å²) in [6, 6.07) is 28.0.